The molecule has 0 atom stereocenters. The number of pyridine rings is 1. The highest BCUT2D eigenvalue weighted by Crippen LogP contribution is 2.32. The average Bonchev–Trinajstić information content (AvgIpc) is 2.86. The molecule has 0 saturated heterocycles. The number of aryl methyl sites for hydroxylation is 2. The predicted octanol–water partition coefficient (Wildman–Crippen LogP) is 4.21. The van der Waals surface area contributed by atoms with Crippen molar-refractivity contribution in [2.45, 2.75) is 25.4 Å². The van der Waals surface area contributed by atoms with Gasteiger partial charge in [-0.1, -0.05) is 0 Å². The summed E-state index contributed by atoms with van der Waals surface area (Å²) >= 11 is 0. The summed E-state index contributed by atoms with van der Waals surface area (Å²) in [6.07, 6.45) is -8.60. The minimum Gasteiger partial charge on any atom is -0.471 e. The average molecular weight is 387 g/mol. The summed E-state index contributed by atoms with van der Waals surface area (Å²) in [5.74, 6) is -5.43. The van der Waals surface area contributed by atoms with Crippen LogP contribution in [0.25, 0.3) is 0 Å². The molecule has 0 amide bonds. The van der Waals surface area contributed by atoms with E-state index in [2.05, 4.69) is 14.8 Å². The Morgan fingerprint density at radius 1 is 1.08 bits per heavy atom. The molecule has 0 aliphatic rings. The summed E-state index contributed by atoms with van der Waals surface area (Å²) in [6.45, 7) is -0.123. The van der Waals surface area contributed by atoms with Crippen LogP contribution in [0.15, 0.2) is 18.2 Å². The van der Waals surface area contributed by atoms with Crippen molar-refractivity contribution in [3.05, 3.63) is 29.5 Å². The minimum atomic E-state index is -4.69. The Balaban J connectivity index is 2.19. The smallest absolute Gasteiger partial charge is 0.435 e. The number of alkyl halides is 7. The first kappa shape index (κ1) is 19.8. The molecule has 2 rings (SSSR count). The monoisotopic (exact) mass is 387 g/mol. The van der Waals surface area contributed by atoms with Crippen LogP contribution in [0.5, 0.6) is 17.6 Å². The van der Waals surface area contributed by atoms with Crippen molar-refractivity contribution >= 4 is 0 Å². The third-order valence-electron chi connectivity index (χ3n) is 2.99. The molecule has 2 heterocycles. The molecule has 0 fully saturated rings. The Morgan fingerprint density at radius 3 is 2.23 bits per heavy atom. The second-order valence-corrected chi connectivity index (χ2v) is 5.26. The Morgan fingerprint density at radius 2 is 1.69 bits per heavy atom. The Labute approximate surface area is 142 Å². The summed E-state index contributed by atoms with van der Waals surface area (Å²) in [4.78, 5) is 3.66. The van der Waals surface area contributed by atoms with Crippen LogP contribution in [0.4, 0.5) is 30.7 Å². The molecule has 0 bridgehead atoms. The maximum absolute atomic E-state index is 12.9. The molecular formula is C14H12F7N3O2. The van der Waals surface area contributed by atoms with Gasteiger partial charge in [-0.25, -0.2) is 13.5 Å². The third kappa shape index (κ3) is 4.76. The quantitative estimate of drug-likeness (QED) is 0.697. The molecule has 26 heavy (non-hydrogen) atoms. The van der Waals surface area contributed by atoms with Crippen molar-refractivity contribution in [2.75, 3.05) is 6.61 Å². The van der Waals surface area contributed by atoms with E-state index in [9.17, 15) is 30.7 Å². The highest BCUT2D eigenvalue weighted by atomic mass is 19.4. The lowest BCUT2D eigenvalue weighted by Crippen LogP contribution is -2.33. The number of nitrogens with zero attached hydrogens (tertiary/aromatic N) is 3. The molecule has 0 aliphatic carbocycles. The molecule has 0 aliphatic heterocycles. The van der Waals surface area contributed by atoms with Gasteiger partial charge in [0.2, 0.25) is 17.6 Å². The van der Waals surface area contributed by atoms with Gasteiger partial charge in [0.05, 0.1) is 0 Å². The zero-order valence-corrected chi connectivity index (χ0v) is 13.3. The highest BCUT2D eigenvalue weighted by molar-refractivity contribution is 5.30. The second kappa shape index (κ2) is 7.00. The summed E-state index contributed by atoms with van der Waals surface area (Å²) in [7, 11) is 1.20. The first-order valence-corrected chi connectivity index (χ1v) is 6.95. The van der Waals surface area contributed by atoms with Crippen molar-refractivity contribution in [1.29, 1.82) is 0 Å². The van der Waals surface area contributed by atoms with E-state index in [4.69, 9.17) is 4.74 Å². The fourth-order valence-corrected chi connectivity index (χ4v) is 1.76. The number of aromatic nitrogens is 3. The fourth-order valence-electron chi connectivity index (χ4n) is 1.76. The molecule has 0 aromatic carbocycles. The molecule has 0 spiro atoms. The van der Waals surface area contributed by atoms with Gasteiger partial charge < -0.3 is 9.47 Å². The van der Waals surface area contributed by atoms with Crippen molar-refractivity contribution in [3.63, 3.8) is 0 Å². The maximum Gasteiger partial charge on any atom is 0.435 e. The molecule has 0 saturated carbocycles. The van der Waals surface area contributed by atoms with E-state index in [-0.39, 0.29) is 11.8 Å². The van der Waals surface area contributed by atoms with Crippen LogP contribution in [0.3, 0.4) is 0 Å². The largest absolute Gasteiger partial charge is 0.471 e. The number of ether oxygens (including phenoxy) is 2. The van der Waals surface area contributed by atoms with E-state index in [1.165, 1.54) is 26.1 Å². The van der Waals surface area contributed by atoms with Gasteiger partial charge in [-0.2, -0.15) is 32.0 Å². The minimum absolute atomic E-state index is 0.280. The van der Waals surface area contributed by atoms with Gasteiger partial charge in [-0.15, -0.1) is 0 Å². The van der Waals surface area contributed by atoms with Crippen LogP contribution in [0.1, 0.15) is 11.3 Å². The lowest BCUT2D eigenvalue weighted by molar-refractivity contribution is -0.148. The Hall–Kier alpha value is -2.53. The molecule has 12 heteroatoms. The van der Waals surface area contributed by atoms with Gasteiger partial charge in [0.25, 0.3) is 0 Å². The molecule has 0 radical (unpaired) electrons. The summed E-state index contributed by atoms with van der Waals surface area (Å²) < 4.78 is 98.4. The Bertz CT molecular complexity index is 774. The lowest BCUT2D eigenvalue weighted by Gasteiger charge is -2.16. The number of hydrogen-bond donors (Lipinski definition) is 0. The van der Waals surface area contributed by atoms with Gasteiger partial charge in [0, 0.05) is 25.2 Å². The van der Waals surface area contributed by atoms with E-state index in [1.54, 1.807) is 0 Å². The zero-order chi connectivity index (χ0) is 19.7. The van der Waals surface area contributed by atoms with E-state index in [0.29, 0.717) is 11.6 Å². The second-order valence-electron chi connectivity index (χ2n) is 5.26. The van der Waals surface area contributed by atoms with Crippen LogP contribution < -0.4 is 9.47 Å². The topological polar surface area (TPSA) is 49.2 Å². The molecular weight excluding hydrogens is 375 g/mol. The van der Waals surface area contributed by atoms with Gasteiger partial charge >= 0.3 is 18.5 Å². The summed E-state index contributed by atoms with van der Waals surface area (Å²) in [5, 5.41) is 3.24. The maximum atomic E-state index is 12.9. The van der Waals surface area contributed by atoms with Crippen molar-refractivity contribution in [3.8, 4) is 17.6 Å². The van der Waals surface area contributed by atoms with Gasteiger partial charge in [0.1, 0.15) is 0 Å². The highest BCUT2D eigenvalue weighted by Gasteiger charge is 2.42. The van der Waals surface area contributed by atoms with E-state index in [0.717, 1.165) is 4.68 Å². The lowest BCUT2D eigenvalue weighted by atomic mass is 10.3. The number of hydrogen-bond acceptors (Lipinski definition) is 4. The normalized spacial score (nSPS) is 12.5. The van der Waals surface area contributed by atoms with E-state index in [1.807, 2.05) is 0 Å². The molecule has 144 valence electrons. The van der Waals surface area contributed by atoms with Crippen molar-refractivity contribution in [2.24, 2.45) is 7.05 Å². The standard InChI is InChI=1S/C14H12F7N3O2/c1-7-3-9(25-6-13(17,18)12(15)16)22-10(4-7)26-11-5-8(14(19,20)21)23-24(11)2/h3-5,12H,6H2,1-2H3. The summed E-state index contributed by atoms with van der Waals surface area (Å²) in [5.41, 5.74) is -0.806. The van der Waals surface area contributed by atoms with Crippen molar-refractivity contribution in [1.82, 2.24) is 14.8 Å². The number of halogens is 7. The van der Waals surface area contributed by atoms with Crippen LogP contribution in [-0.2, 0) is 13.2 Å². The van der Waals surface area contributed by atoms with Crippen LogP contribution in [-0.4, -0.2) is 33.7 Å². The Kier molecular flexibility index (Phi) is 5.33. The third-order valence-corrected chi connectivity index (χ3v) is 2.99. The van der Waals surface area contributed by atoms with Crippen molar-refractivity contribution < 1.29 is 40.2 Å². The molecule has 5 nitrogen and oxygen atoms in total. The van der Waals surface area contributed by atoms with Gasteiger partial charge in [-0.3, -0.25) is 0 Å². The molecule has 2 aromatic rings. The zero-order valence-electron chi connectivity index (χ0n) is 13.3. The fraction of sp³-hybridized carbons (Fsp3) is 0.429. The first-order chi connectivity index (χ1) is 11.9. The van der Waals surface area contributed by atoms with Gasteiger partial charge in [-0.05, 0) is 12.5 Å². The van der Waals surface area contributed by atoms with Gasteiger partial charge in [0.15, 0.2) is 12.3 Å². The van der Waals surface area contributed by atoms with Crippen LogP contribution >= 0.6 is 0 Å². The van der Waals surface area contributed by atoms with Crippen LogP contribution in [0.2, 0.25) is 0 Å². The van der Waals surface area contributed by atoms with E-state index < -0.39 is 36.7 Å². The van der Waals surface area contributed by atoms with Crippen LogP contribution in [0, 0.1) is 6.92 Å². The SMILES string of the molecule is Cc1cc(OCC(F)(F)C(F)F)nc(Oc2cc(C(F)(F)F)nn2C)c1. The molecule has 2 aromatic heterocycles. The number of rotatable bonds is 6. The molecule has 0 N–H and O–H groups in total. The first-order valence-electron chi connectivity index (χ1n) is 6.95. The predicted molar refractivity (Wildman–Crippen MR) is 73.7 cm³/mol. The molecule has 0 unspecified atom stereocenters. The van der Waals surface area contributed by atoms with E-state index >= 15 is 0 Å². The summed E-state index contributed by atoms with van der Waals surface area (Å²) in [6, 6.07) is 3.09.